The fraction of sp³-hybridized carbons (Fsp3) is 0.294. The van der Waals surface area contributed by atoms with Crippen LogP contribution in [0.2, 0.25) is 0 Å². The van der Waals surface area contributed by atoms with E-state index >= 15 is 0 Å². The molecule has 2 rings (SSSR count). The first kappa shape index (κ1) is 14.3. The molecule has 1 N–H and O–H groups in total. The lowest BCUT2D eigenvalue weighted by atomic mass is 10.2. The molecule has 0 unspecified atom stereocenters. The third-order valence-corrected chi connectivity index (χ3v) is 3.33. The molecule has 0 atom stereocenters. The van der Waals surface area contributed by atoms with Gasteiger partial charge in [0, 0.05) is 51.8 Å². The second kappa shape index (κ2) is 6.33. The maximum absolute atomic E-state index is 3.44. The zero-order valence-corrected chi connectivity index (χ0v) is 12.7. The molecule has 3 nitrogen and oxygen atoms in total. The highest BCUT2D eigenvalue weighted by atomic mass is 15.1. The van der Waals surface area contributed by atoms with Gasteiger partial charge in [-0.15, -0.1) is 0 Å². The van der Waals surface area contributed by atoms with Crippen LogP contribution in [0.5, 0.6) is 0 Å². The minimum Gasteiger partial charge on any atom is -0.381 e. The van der Waals surface area contributed by atoms with E-state index in [2.05, 4.69) is 91.8 Å². The van der Waals surface area contributed by atoms with E-state index in [0.29, 0.717) is 0 Å². The zero-order chi connectivity index (χ0) is 14.5. The Morgan fingerprint density at radius 2 is 1.15 bits per heavy atom. The van der Waals surface area contributed by atoms with Crippen molar-refractivity contribution in [2.24, 2.45) is 0 Å². The Bertz CT molecular complexity index is 476. The normalized spacial score (nSPS) is 10.2. The van der Waals surface area contributed by atoms with Crippen molar-refractivity contribution in [1.82, 2.24) is 0 Å². The molecule has 2 aromatic carbocycles. The molecule has 2 aromatic rings. The molecule has 0 saturated heterocycles. The van der Waals surface area contributed by atoms with Crippen molar-refractivity contribution in [2.45, 2.75) is 6.54 Å². The maximum atomic E-state index is 3.44. The lowest BCUT2D eigenvalue weighted by Crippen LogP contribution is -2.09. The van der Waals surface area contributed by atoms with Gasteiger partial charge in [0.2, 0.25) is 0 Å². The molecule has 0 bridgehead atoms. The Morgan fingerprint density at radius 3 is 1.60 bits per heavy atom. The second-order valence-electron chi connectivity index (χ2n) is 5.36. The predicted molar refractivity (Wildman–Crippen MR) is 88.9 cm³/mol. The molecule has 0 aliphatic rings. The van der Waals surface area contributed by atoms with Gasteiger partial charge in [-0.1, -0.05) is 12.1 Å². The third-order valence-electron chi connectivity index (χ3n) is 3.33. The van der Waals surface area contributed by atoms with Crippen LogP contribution in [0.15, 0.2) is 48.5 Å². The average molecular weight is 269 g/mol. The van der Waals surface area contributed by atoms with E-state index in [9.17, 15) is 0 Å². The summed E-state index contributed by atoms with van der Waals surface area (Å²) in [7, 11) is 8.21. The van der Waals surface area contributed by atoms with Gasteiger partial charge in [0.15, 0.2) is 0 Å². The quantitative estimate of drug-likeness (QED) is 0.897. The first-order valence-corrected chi connectivity index (χ1v) is 6.84. The minimum absolute atomic E-state index is 0.842. The Balaban J connectivity index is 1.94. The van der Waals surface area contributed by atoms with Gasteiger partial charge in [-0.2, -0.15) is 0 Å². The summed E-state index contributed by atoms with van der Waals surface area (Å²) >= 11 is 0. The highest BCUT2D eigenvalue weighted by Gasteiger charge is 1.98. The van der Waals surface area contributed by atoms with Gasteiger partial charge in [0.05, 0.1) is 0 Å². The van der Waals surface area contributed by atoms with Crippen LogP contribution in [-0.2, 0) is 6.54 Å². The number of hydrogen-bond donors (Lipinski definition) is 1. The van der Waals surface area contributed by atoms with Crippen molar-refractivity contribution in [3.63, 3.8) is 0 Å². The molecule has 0 fully saturated rings. The van der Waals surface area contributed by atoms with Gasteiger partial charge in [-0.3, -0.25) is 0 Å². The van der Waals surface area contributed by atoms with Crippen LogP contribution in [0.25, 0.3) is 0 Å². The van der Waals surface area contributed by atoms with Crippen LogP contribution in [0.1, 0.15) is 5.56 Å². The molecular formula is C17H23N3. The van der Waals surface area contributed by atoms with Crippen molar-refractivity contribution in [1.29, 1.82) is 0 Å². The van der Waals surface area contributed by atoms with Crippen molar-refractivity contribution in [3.8, 4) is 0 Å². The smallest absolute Gasteiger partial charge is 0.0400 e. The van der Waals surface area contributed by atoms with E-state index in [-0.39, 0.29) is 0 Å². The van der Waals surface area contributed by atoms with Crippen LogP contribution < -0.4 is 15.1 Å². The number of hydrogen-bond acceptors (Lipinski definition) is 3. The molecular weight excluding hydrogens is 246 g/mol. The lowest BCUT2D eigenvalue weighted by Gasteiger charge is -2.14. The van der Waals surface area contributed by atoms with E-state index in [1.165, 1.54) is 16.9 Å². The molecule has 0 amide bonds. The fourth-order valence-electron chi connectivity index (χ4n) is 1.99. The molecule has 0 aliphatic heterocycles. The van der Waals surface area contributed by atoms with Crippen molar-refractivity contribution >= 4 is 17.1 Å². The summed E-state index contributed by atoms with van der Waals surface area (Å²) < 4.78 is 0. The van der Waals surface area contributed by atoms with Crippen LogP contribution >= 0.6 is 0 Å². The number of anilines is 3. The maximum Gasteiger partial charge on any atom is 0.0400 e. The average Bonchev–Trinajstić information content (AvgIpc) is 2.46. The fourth-order valence-corrected chi connectivity index (χ4v) is 1.99. The van der Waals surface area contributed by atoms with Gasteiger partial charge in [-0.05, 0) is 42.0 Å². The molecule has 0 spiro atoms. The highest BCUT2D eigenvalue weighted by Crippen LogP contribution is 2.17. The third kappa shape index (κ3) is 3.67. The Labute approximate surface area is 121 Å². The molecule has 0 aliphatic carbocycles. The number of nitrogens with one attached hydrogen (secondary N) is 1. The molecule has 0 heterocycles. The van der Waals surface area contributed by atoms with Crippen molar-refractivity contribution in [2.75, 3.05) is 43.3 Å². The minimum atomic E-state index is 0.842. The Hall–Kier alpha value is -2.16. The van der Waals surface area contributed by atoms with Gasteiger partial charge in [0.25, 0.3) is 0 Å². The summed E-state index contributed by atoms with van der Waals surface area (Å²) in [4.78, 5) is 4.21. The van der Waals surface area contributed by atoms with Gasteiger partial charge in [-0.25, -0.2) is 0 Å². The largest absolute Gasteiger partial charge is 0.381 e. The van der Waals surface area contributed by atoms with Crippen LogP contribution in [-0.4, -0.2) is 28.2 Å². The molecule has 0 saturated carbocycles. The van der Waals surface area contributed by atoms with E-state index in [4.69, 9.17) is 0 Å². The summed E-state index contributed by atoms with van der Waals surface area (Å²) in [5, 5.41) is 3.44. The van der Waals surface area contributed by atoms with E-state index in [1.807, 2.05) is 0 Å². The summed E-state index contributed by atoms with van der Waals surface area (Å²) in [6, 6.07) is 17.1. The summed E-state index contributed by atoms with van der Waals surface area (Å²) in [6.45, 7) is 0.842. The number of nitrogens with zero attached hydrogens (tertiary/aromatic N) is 2. The van der Waals surface area contributed by atoms with E-state index < -0.39 is 0 Å². The standard InChI is InChI=1S/C17H23N3/c1-19(2)16-9-5-14(6-10-16)13-18-15-7-11-17(12-8-15)20(3)4/h5-12,18H,13H2,1-4H3. The van der Waals surface area contributed by atoms with Crippen LogP contribution in [0.4, 0.5) is 17.1 Å². The first-order valence-electron chi connectivity index (χ1n) is 6.84. The number of benzene rings is 2. The molecule has 0 radical (unpaired) electrons. The summed E-state index contributed by atoms with van der Waals surface area (Å²) in [5.74, 6) is 0. The zero-order valence-electron chi connectivity index (χ0n) is 12.7. The topological polar surface area (TPSA) is 18.5 Å². The molecule has 106 valence electrons. The Kier molecular flexibility index (Phi) is 4.51. The van der Waals surface area contributed by atoms with E-state index in [1.54, 1.807) is 0 Å². The number of rotatable bonds is 5. The van der Waals surface area contributed by atoms with E-state index in [0.717, 1.165) is 12.2 Å². The molecule has 3 heteroatoms. The monoisotopic (exact) mass is 269 g/mol. The molecule has 20 heavy (non-hydrogen) atoms. The molecule has 0 aromatic heterocycles. The first-order chi connectivity index (χ1) is 9.56. The van der Waals surface area contributed by atoms with Crippen molar-refractivity contribution < 1.29 is 0 Å². The summed E-state index contributed by atoms with van der Waals surface area (Å²) in [6.07, 6.45) is 0. The second-order valence-corrected chi connectivity index (χ2v) is 5.36. The van der Waals surface area contributed by atoms with Gasteiger partial charge >= 0.3 is 0 Å². The predicted octanol–water partition coefficient (Wildman–Crippen LogP) is 3.43. The highest BCUT2D eigenvalue weighted by molar-refractivity contribution is 5.54. The lowest BCUT2D eigenvalue weighted by molar-refractivity contribution is 1.11. The van der Waals surface area contributed by atoms with Crippen LogP contribution in [0.3, 0.4) is 0 Å². The van der Waals surface area contributed by atoms with Gasteiger partial charge in [0.1, 0.15) is 0 Å². The SMILES string of the molecule is CN(C)c1ccc(CNc2ccc(N(C)C)cc2)cc1. The summed E-state index contributed by atoms with van der Waals surface area (Å²) in [5.41, 5.74) is 4.87. The van der Waals surface area contributed by atoms with Crippen LogP contribution in [0, 0.1) is 0 Å². The van der Waals surface area contributed by atoms with Gasteiger partial charge < -0.3 is 15.1 Å². The van der Waals surface area contributed by atoms with Crippen molar-refractivity contribution in [3.05, 3.63) is 54.1 Å². The Morgan fingerprint density at radius 1 is 0.700 bits per heavy atom.